The second-order valence-electron chi connectivity index (χ2n) is 7.75. The van der Waals surface area contributed by atoms with Crippen LogP contribution in [0.5, 0.6) is 23.0 Å². The highest BCUT2D eigenvalue weighted by molar-refractivity contribution is 5.96. The van der Waals surface area contributed by atoms with Crippen molar-refractivity contribution in [1.82, 2.24) is 4.98 Å². The number of hydrogen-bond acceptors (Lipinski definition) is 6. The van der Waals surface area contributed by atoms with Gasteiger partial charge in [0.15, 0.2) is 11.5 Å². The van der Waals surface area contributed by atoms with E-state index in [2.05, 4.69) is 4.98 Å². The van der Waals surface area contributed by atoms with Crippen molar-refractivity contribution in [3.05, 3.63) is 77.5 Å². The summed E-state index contributed by atoms with van der Waals surface area (Å²) in [6, 6.07) is 17.3. The Morgan fingerprint density at radius 1 is 0.943 bits per heavy atom. The lowest BCUT2D eigenvalue weighted by Crippen LogP contribution is -2.24. The summed E-state index contributed by atoms with van der Waals surface area (Å²) in [5, 5.41) is 19.9. The Labute approximate surface area is 202 Å². The zero-order chi connectivity index (χ0) is 25.1. The first kappa shape index (κ1) is 23.4. The van der Waals surface area contributed by atoms with Crippen LogP contribution in [0.1, 0.15) is 16.7 Å². The van der Waals surface area contributed by atoms with Gasteiger partial charge >= 0.3 is 6.09 Å². The average molecular weight is 469 g/mol. The molecule has 0 saturated heterocycles. The van der Waals surface area contributed by atoms with E-state index in [-0.39, 0.29) is 0 Å². The summed E-state index contributed by atoms with van der Waals surface area (Å²) in [7, 11) is 3.13. The molecular formula is C27H23N3O5. The molecule has 0 unspecified atom stereocenters. The molecule has 1 amide bonds. The zero-order valence-electron chi connectivity index (χ0n) is 19.7. The Balaban J connectivity index is 1.76. The Bertz CT molecular complexity index is 1480. The summed E-state index contributed by atoms with van der Waals surface area (Å²) in [6.45, 7) is 3.70. The van der Waals surface area contributed by atoms with Gasteiger partial charge in [0.2, 0.25) is 0 Å². The summed E-state index contributed by atoms with van der Waals surface area (Å²) in [4.78, 5) is 17.7. The van der Waals surface area contributed by atoms with E-state index in [1.807, 2.05) is 19.9 Å². The van der Waals surface area contributed by atoms with E-state index < -0.39 is 6.09 Å². The van der Waals surface area contributed by atoms with Gasteiger partial charge < -0.3 is 19.3 Å². The molecule has 0 fully saturated rings. The van der Waals surface area contributed by atoms with Crippen molar-refractivity contribution in [2.24, 2.45) is 0 Å². The molecule has 0 radical (unpaired) electrons. The molecule has 4 aromatic rings. The topological polar surface area (TPSA) is 105 Å². The number of fused-ring (bicyclic) bond motifs is 1. The summed E-state index contributed by atoms with van der Waals surface area (Å²) in [5.74, 6) is 2.26. The Kier molecular flexibility index (Phi) is 6.42. The molecule has 8 heteroatoms. The van der Waals surface area contributed by atoms with Crippen molar-refractivity contribution in [3.63, 3.8) is 0 Å². The molecule has 176 valence electrons. The third-order valence-electron chi connectivity index (χ3n) is 5.80. The minimum atomic E-state index is -1.16. The number of pyridine rings is 1. The van der Waals surface area contributed by atoms with E-state index in [9.17, 15) is 15.2 Å². The lowest BCUT2D eigenvalue weighted by atomic mass is 10.0. The maximum absolute atomic E-state index is 12.2. The van der Waals surface area contributed by atoms with Gasteiger partial charge in [-0.25, -0.2) is 9.69 Å². The van der Waals surface area contributed by atoms with E-state index in [0.29, 0.717) is 45.5 Å². The number of benzene rings is 3. The lowest BCUT2D eigenvalue weighted by molar-refractivity contribution is 0.204. The summed E-state index contributed by atoms with van der Waals surface area (Å²) >= 11 is 0. The van der Waals surface area contributed by atoms with Gasteiger partial charge in [0.1, 0.15) is 11.5 Å². The zero-order valence-corrected chi connectivity index (χ0v) is 19.7. The second kappa shape index (κ2) is 9.61. The first-order valence-electron chi connectivity index (χ1n) is 10.7. The van der Waals surface area contributed by atoms with Crippen molar-refractivity contribution in [1.29, 1.82) is 5.26 Å². The number of anilines is 2. The van der Waals surface area contributed by atoms with Gasteiger partial charge in [-0.3, -0.25) is 4.98 Å². The predicted molar refractivity (Wildman–Crippen MR) is 132 cm³/mol. The van der Waals surface area contributed by atoms with Gasteiger partial charge in [0.25, 0.3) is 0 Å². The van der Waals surface area contributed by atoms with Crippen molar-refractivity contribution in [2.75, 3.05) is 19.1 Å². The molecule has 0 aliphatic heterocycles. The Morgan fingerprint density at radius 2 is 1.69 bits per heavy atom. The van der Waals surface area contributed by atoms with Crippen molar-refractivity contribution in [2.45, 2.75) is 13.8 Å². The molecule has 8 nitrogen and oxygen atoms in total. The molecule has 3 aromatic carbocycles. The Hall–Kier alpha value is -4.77. The smallest absolute Gasteiger partial charge is 0.416 e. The van der Waals surface area contributed by atoms with Gasteiger partial charge in [0.05, 0.1) is 42.7 Å². The molecule has 0 bridgehead atoms. The van der Waals surface area contributed by atoms with Crippen molar-refractivity contribution < 1.29 is 24.1 Å². The molecule has 0 aliphatic rings. The van der Waals surface area contributed by atoms with Gasteiger partial charge in [0, 0.05) is 17.6 Å². The number of aromatic nitrogens is 1. The molecule has 35 heavy (non-hydrogen) atoms. The maximum atomic E-state index is 12.2. The standard InChI is InChI=1S/C27H23N3O5/c1-16-17(2)23(9-8-22(16)30(27(31)32)19-7-5-6-18(12-19)15-28)35-24-10-11-29-21-14-26(34-4)25(33-3)13-20(21)24/h5-14H,1-4H3,(H,31,32). The van der Waals surface area contributed by atoms with Crippen LogP contribution in [0, 0.1) is 25.2 Å². The van der Waals surface area contributed by atoms with Crippen molar-refractivity contribution in [3.8, 4) is 29.1 Å². The number of ether oxygens (including phenoxy) is 3. The highest BCUT2D eigenvalue weighted by Gasteiger charge is 2.22. The molecule has 0 saturated carbocycles. The molecule has 1 aromatic heterocycles. The van der Waals surface area contributed by atoms with Crippen LogP contribution in [0.4, 0.5) is 16.2 Å². The highest BCUT2D eigenvalue weighted by atomic mass is 16.5. The first-order valence-corrected chi connectivity index (χ1v) is 10.7. The largest absolute Gasteiger partial charge is 0.493 e. The second-order valence-corrected chi connectivity index (χ2v) is 7.75. The molecule has 0 atom stereocenters. The number of amides is 1. The average Bonchev–Trinajstić information content (AvgIpc) is 2.87. The summed E-state index contributed by atoms with van der Waals surface area (Å²) in [6.07, 6.45) is 0.492. The molecule has 0 aliphatic carbocycles. The van der Waals surface area contributed by atoms with E-state index in [1.54, 1.807) is 68.9 Å². The first-order chi connectivity index (χ1) is 16.9. The predicted octanol–water partition coefficient (Wildman–Crippen LogP) is 6.35. The number of methoxy groups -OCH3 is 2. The lowest BCUT2D eigenvalue weighted by Gasteiger charge is -2.24. The molecule has 1 N–H and O–H groups in total. The minimum Gasteiger partial charge on any atom is -0.493 e. The Morgan fingerprint density at radius 3 is 2.37 bits per heavy atom. The number of hydrogen-bond donors (Lipinski definition) is 1. The van der Waals surface area contributed by atoms with Gasteiger partial charge in [-0.05, 0) is 67.4 Å². The third kappa shape index (κ3) is 4.39. The summed E-state index contributed by atoms with van der Waals surface area (Å²) < 4.78 is 17.1. The molecule has 1 heterocycles. The van der Waals surface area contributed by atoms with Crippen LogP contribution in [-0.2, 0) is 0 Å². The molecule has 0 spiro atoms. The van der Waals surface area contributed by atoms with Crippen molar-refractivity contribution >= 4 is 28.4 Å². The number of nitriles is 1. The van der Waals surface area contributed by atoms with Crippen LogP contribution in [-0.4, -0.2) is 30.4 Å². The van der Waals surface area contributed by atoms with Crippen LogP contribution in [0.25, 0.3) is 10.9 Å². The fraction of sp³-hybridized carbons (Fsp3) is 0.148. The van der Waals surface area contributed by atoms with E-state index in [4.69, 9.17) is 14.2 Å². The van der Waals surface area contributed by atoms with Crippen LogP contribution >= 0.6 is 0 Å². The minimum absolute atomic E-state index is 0.375. The van der Waals surface area contributed by atoms with E-state index in [1.165, 1.54) is 6.07 Å². The SMILES string of the molecule is COc1cc2nccc(Oc3ccc(N(C(=O)O)c4cccc(C#N)c4)c(C)c3C)c2cc1OC. The van der Waals surface area contributed by atoms with E-state index >= 15 is 0 Å². The summed E-state index contributed by atoms with van der Waals surface area (Å²) in [5.41, 5.74) is 3.41. The third-order valence-corrected chi connectivity index (χ3v) is 5.80. The van der Waals surface area contributed by atoms with Crippen LogP contribution < -0.4 is 19.1 Å². The fourth-order valence-electron chi connectivity index (χ4n) is 3.86. The van der Waals surface area contributed by atoms with Gasteiger partial charge in [-0.1, -0.05) is 6.07 Å². The fourth-order valence-corrected chi connectivity index (χ4v) is 3.86. The van der Waals surface area contributed by atoms with Crippen LogP contribution in [0.15, 0.2) is 60.8 Å². The number of rotatable bonds is 6. The van der Waals surface area contributed by atoms with Gasteiger partial charge in [-0.2, -0.15) is 5.26 Å². The molecular weight excluding hydrogens is 446 g/mol. The maximum Gasteiger partial charge on any atom is 0.416 e. The highest BCUT2D eigenvalue weighted by Crippen LogP contribution is 2.40. The number of carboxylic acid groups (broad SMARTS) is 1. The number of nitrogens with zero attached hydrogens (tertiary/aromatic N) is 3. The normalized spacial score (nSPS) is 10.5. The molecule has 4 rings (SSSR count). The van der Waals surface area contributed by atoms with E-state index in [0.717, 1.165) is 21.4 Å². The van der Waals surface area contributed by atoms with Crippen LogP contribution in [0.2, 0.25) is 0 Å². The monoisotopic (exact) mass is 469 g/mol. The van der Waals surface area contributed by atoms with Gasteiger partial charge in [-0.15, -0.1) is 0 Å². The quantitative estimate of drug-likeness (QED) is 0.351. The number of carbonyl (C=O) groups is 1. The van der Waals surface area contributed by atoms with Crippen LogP contribution in [0.3, 0.4) is 0 Å².